The van der Waals surface area contributed by atoms with Gasteiger partial charge in [0.05, 0.1) is 19.8 Å². The first-order valence-electron chi connectivity index (χ1n) is 7.11. The summed E-state index contributed by atoms with van der Waals surface area (Å²) in [5.41, 5.74) is 2.62. The summed E-state index contributed by atoms with van der Waals surface area (Å²) in [5, 5.41) is 11.8. The maximum absolute atomic E-state index is 11.8. The normalized spacial score (nSPS) is 12.0. The molecule has 1 aromatic rings. The lowest BCUT2D eigenvalue weighted by molar-refractivity contribution is -0.142. The number of hydrogen-bond acceptors (Lipinski definition) is 4. The van der Waals surface area contributed by atoms with Crippen molar-refractivity contribution in [3.8, 4) is 0 Å². The summed E-state index contributed by atoms with van der Waals surface area (Å²) in [6.07, 6.45) is 0.109. The van der Waals surface area contributed by atoms with Gasteiger partial charge >= 0.3 is 5.97 Å². The van der Waals surface area contributed by atoms with Gasteiger partial charge in [-0.3, -0.25) is 4.79 Å². The fourth-order valence-electron chi connectivity index (χ4n) is 1.87. The molecule has 0 aliphatic carbocycles. The number of hydrogen-bond donors (Lipinski definition) is 2. The highest BCUT2D eigenvalue weighted by molar-refractivity contribution is 5.84. The third-order valence-corrected chi connectivity index (χ3v) is 3.32. The van der Waals surface area contributed by atoms with Gasteiger partial charge in [0, 0.05) is 13.5 Å². The van der Waals surface area contributed by atoms with Gasteiger partial charge in [-0.15, -0.1) is 0 Å². The van der Waals surface area contributed by atoms with Gasteiger partial charge in [-0.25, -0.2) is 4.79 Å². The van der Waals surface area contributed by atoms with Crippen molar-refractivity contribution in [1.82, 2.24) is 5.32 Å². The minimum atomic E-state index is -1.09. The molecule has 0 saturated heterocycles. The van der Waals surface area contributed by atoms with E-state index in [1.807, 2.05) is 19.9 Å². The molecule has 1 aromatic carbocycles. The SMILES string of the molecule is COCCOCCC(=O)NC(C(=O)O)c1ccc(C)c(C)c1. The summed E-state index contributed by atoms with van der Waals surface area (Å²) in [5.74, 6) is -1.44. The molecule has 1 atom stereocenters. The van der Waals surface area contributed by atoms with E-state index in [9.17, 15) is 14.7 Å². The number of amides is 1. The van der Waals surface area contributed by atoms with E-state index in [-0.39, 0.29) is 18.9 Å². The van der Waals surface area contributed by atoms with Gasteiger partial charge in [-0.2, -0.15) is 0 Å². The number of carboxylic acid groups (broad SMARTS) is 1. The van der Waals surface area contributed by atoms with Crippen LogP contribution in [0.1, 0.15) is 29.2 Å². The first kappa shape index (κ1) is 18.1. The summed E-state index contributed by atoms with van der Waals surface area (Å²) in [6, 6.07) is 4.30. The zero-order valence-electron chi connectivity index (χ0n) is 13.2. The third kappa shape index (κ3) is 5.83. The van der Waals surface area contributed by atoms with E-state index in [0.717, 1.165) is 11.1 Å². The third-order valence-electron chi connectivity index (χ3n) is 3.32. The highest BCUT2D eigenvalue weighted by atomic mass is 16.5. The Hall–Kier alpha value is -1.92. The van der Waals surface area contributed by atoms with Gasteiger partial charge < -0.3 is 19.9 Å². The number of aliphatic carboxylic acids is 1. The van der Waals surface area contributed by atoms with Gasteiger partial charge in [0.1, 0.15) is 0 Å². The molecular formula is C16H23NO5. The van der Waals surface area contributed by atoms with E-state index in [1.54, 1.807) is 19.2 Å². The molecule has 0 aromatic heterocycles. The maximum Gasteiger partial charge on any atom is 0.330 e. The molecule has 0 aliphatic heterocycles. The molecule has 22 heavy (non-hydrogen) atoms. The Labute approximate surface area is 130 Å². The number of ether oxygens (including phenoxy) is 2. The Morgan fingerprint density at radius 2 is 1.91 bits per heavy atom. The molecule has 0 bridgehead atoms. The zero-order chi connectivity index (χ0) is 16.5. The number of carboxylic acids is 1. The molecule has 1 amide bonds. The van der Waals surface area contributed by atoms with E-state index in [1.165, 1.54) is 0 Å². The first-order chi connectivity index (χ1) is 10.5. The lowest BCUT2D eigenvalue weighted by Crippen LogP contribution is -2.34. The van der Waals surface area contributed by atoms with Crippen molar-refractivity contribution in [2.24, 2.45) is 0 Å². The second-order valence-corrected chi connectivity index (χ2v) is 5.04. The second kappa shape index (κ2) is 9.17. The van der Waals surface area contributed by atoms with Crippen LogP contribution in [-0.4, -0.2) is 43.9 Å². The Bertz CT molecular complexity index is 515. The van der Waals surface area contributed by atoms with Crippen LogP contribution in [0.25, 0.3) is 0 Å². The quantitative estimate of drug-likeness (QED) is 0.677. The summed E-state index contributed by atoms with van der Waals surface area (Å²) in [4.78, 5) is 23.2. The Morgan fingerprint density at radius 3 is 2.50 bits per heavy atom. The Kier molecular flexibility index (Phi) is 7.56. The van der Waals surface area contributed by atoms with Gasteiger partial charge in [-0.05, 0) is 30.5 Å². The van der Waals surface area contributed by atoms with Crippen LogP contribution in [0.3, 0.4) is 0 Å². The molecule has 2 N–H and O–H groups in total. The van der Waals surface area contributed by atoms with Crippen LogP contribution in [0.2, 0.25) is 0 Å². The number of methoxy groups -OCH3 is 1. The summed E-state index contributed by atoms with van der Waals surface area (Å²) < 4.78 is 10.0. The molecule has 0 aliphatic rings. The topological polar surface area (TPSA) is 84.9 Å². The minimum absolute atomic E-state index is 0.109. The largest absolute Gasteiger partial charge is 0.479 e. The lowest BCUT2D eigenvalue weighted by Gasteiger charge is -2.16. The van der Waals surface area contributed by atoms with Gasteiger partial charge in [0.25, 0.3) is 0 Å². The van der Waals surface area contributed by atoms with Crippen molar-refractivity contribution in [3.05, 3.63) is 34.9 Å². The lowest BCUT2D eigenvalue weighted by atomic mass is 10.0. The summed E-state index contributed by atoms with van der Waals surface area (Å²) in [7, 11) is 1.57. The van der Waals surface area contributed by atoms with E-state index in [4.69, 9.17) is 9.47 Å². The predicted molar refractivity (Wildman–Crippen MR) is 81.7 cm³/mol. The van der Waals surface area contributed by atoms with Gasteiger partial charge in [0.15, 0.2) is 6.04 Å². The highest BCUT2D eigenvalue weighted by Crippen LogP contribution is 2.17. The summed E-state index contributed by atoms with van der Waals surface area (Å²) >= 11 is 0. The van der Waals surface area contributed by atoms with Crippen molar-refractivity contribution < 1.29 is 24.2 Å². The molecule has 6 nitrogen and oxygen atoms in total. The average molecular weight is 309 g/mol. The number of carbonyl (C=O) groups excluding carboxylic acids is 1. The molecule has 0 saturated carbocycles. The van der Waals surface area contributed by atoms with Crippen molar-refractivity contribution in [2.75, 3.05) is 26.9 Å². The van der Waals surface area contributed by atoms with Crippen LogP contribution in [0, 0.1) is 13.8 Å². The fourth-order valence-corrected chi connectivity index (χ4v) is 1.87. The number of carbonyl (C=O) groups is 2. The second-order valence-electron chi connectivity index (χ2n) is 5.04. The van der Waals surface area contributed by atoms with Crippen molar-refractivity contribution in [3.63, 3.8) is 0 Å². The Morgan fingerprint density at radius 1 is 1.18 bits per heavy atom. The van der Waals surface area contributed by atoms with Crippen LogP contribution in [0.4, 0.5) is 0 Å². The molecule has 0 radical (unpaired) electrons. The molecule has 1 unspecified atom stereocenters. The smallest absolute Gasteiger partial charge is 0.330 e. The predicted octanol–water partition coefficient (Wildman–Crippen LogP) is 1.60. The van der Waals surface area contributed by atoms with Crippen LogP contribution < -0.4 is 5.32 Å². The highest BCUT2D eigenvalue weighted by Gasteiger charge is 2.22. The molecular weight excluding hydrogens is 286 g/mol. The van der Waals surface area contributed by atoms with Crippen molar-refractivity contribution >= 4 is 11.9 Å². The number of benzene rings is 1. The first-order valence-corrected chi connectivity index (χ1v) is 7.11. The van der Waals surface area contributed by atoms with Crippen LogP contribution in [0.5, 0.6) is 0 Å². The van der Waals surface area contributed by atoms with Crippen LogP contribution >= 0.6 is 0 Å². The zero-order valence-corrected chi connectivity index (χ0v) is 13.2. The van der Waals surface area contributed by atoms with Crippen molar-refractivity contribution in [2.45, 2.75) is 26.3 Å². The fraction of sp³-hybridized carbons (Fsp3) is 0.500. The number of rotatable bonds is 9. The van der Waals surface area contributed by atoms with Crippen LogP contribution in [0.15, 0.2) is 18.2 Å². The Balaban J connectivity index is 2.59. The maximum atomic E-state index is 11.8. The number of nitrogens with one attached hydrogen (secondary N) is 1. The summed E-state index contributed by atoms with van der Waals surface area (Å²) in [6.45, 7) is 4.95. The standard InChI is InChI=1S/C16H23NO5/c1-11-4-5-13(10-12(11)2)15(16(19)20)17-14(18)6-7-22-9-8-21-3/h4-5,10,15H,6-9H2,1-3H3,(H,17,18)(H,19,20). The minimum Gasteiger partial charge on any atom is -0.479 e. The molecule has 0 spiro atoms. The van der Waals surface area contributed by atoms with Gasteiger partial charge in [0.2, 0.25) is 5.91 Å². The molecule has 0 heterocycles. The van der Waals surface area contributed by atoms with E-state index < -0.39 is 12.0 Å². The van der Waals surface area contributed by atoms with E-state index in [0.29, 0.717) is 18.8 Å². The number of aryl methyl sites for hydroxylation is 2. The van der Waals surface area contributed by atoms with E-state index >= 15 is 0 Å². The average Bonchev–Trinajstić information content (AvgIpc) is 2.47. The van der Waals surface area contributed by atoms with Gasteiger partial charge in [-0.1, -0.05) is 18.2 Å². The van der Waals surface area contributed by atoms with E-state index in [2.05, 4.69) is 5.32 Å². The molecule has 1 rings (SSSR count). The molecule has 122 valence electrons. The van der Waals surface area contributed by atoms with Crippen LogP contribution in [-0.2, 0) is 19.1 Å². The molecule has 0 fully saturated rings. The monoisotopic (exact) mass is 309 g/mol. The van der Waals surface area contributed by atoms with Crippen molar-refractivity contribution in [1.29, 1.82) is 0 Å². The molecule has 6 heteroatoms.